The zero-order chi connectivity index (χ0) is 11.3. The van der Waals surface area contributed by atoms with Gasteiger partial charge >= 0.3 is 0 Å². The second kappa shape index (κ2) is 5.75. The molecule has 3 nitrogen and oxygen atoms in total. The molecule has 0 fully saturated rings. The smallest absolute Gasteiger partial charge is 0.244 e. The summed E-state index contributed by atoms with van der Waals surface area (Å²) in [6.45, 7) is 7.44. The van der Waals surface area contributed by atoms with E-state index in [2.05, 4.69) is 5.32 Å². The summed E-state index contributed by atoms with van der Waals surface area (Å²) in [4.78, 5) is 13.7. The average Bonchev–Trinajstić information content (AvgIpc) is 2.72. The first-order valence-corrected chi connectivity index (χ1v) is 6.20. The summed E-state index contributed by atoms with van der Waals surface area (Å²) in [7, 11) is 0. The van der Waals surface area contributed by atoms with Crippen LogP contribution >= 0.6 is 11.3 Å². The van der Waals surface area contributed by atoms with E-state index in [0.717, 1.165) is 18.8 Å². The van der Waals surface area contributed by atoms with Gasteiger partial charge in [0.1, 0.15) is 6.04 Å². The normalized spacial score (nSPS) is 12.2. The largest absolute Gasteiger partial charge is 0.373 e. The van der Waals surface area contributed by atoms with Crippen LogP contribution in [0.1, 0.15) is 20.8 Å². The maximum absolute atomic E-state index is 11.9. The van der Waals surface area contributed by atoms with Gasteiger partial charge in [-0.15, -0.1) is 0 Å². The molecule has 0 spiro atoms. The number of hydrogen-bond acceptors (Lipinski definition) is 3. The lowest BCUT2D eigenvalue weighted by Crippen LogP contribution is -2.41. The molecule has 0 aliphatic heterocycles. The number of anilines is 1. The van der Waals surface area contributed by atoms with Gasteiger partial charge in [0.25, 0.3) is 0 Å². The lowest BCUT2D eigenvalue weighted by molar-refractivity contribution is -0.131. The van der Waals surface area contributed by atoms with Crippen LogP contribution in [0.2, 0.25) is 0 Å². The summed E-state index contributed by atoms with van der Waals surface area (Å²) >= 11 is 1.63. The van der Waals surface area contributed by atoms with Gasteiger partial charge in [-0.2, -0.15) is 11.3 Å². The lowest BCUT2D eigenvalue weighted by atomic mass is 10.2. The Morgan fingerprint density at radius 2 is 2.20 bits per heavy atom. The highest BCUT2D eigenvalue weighted by Crippen LogP contribution is 2.13. The highest BCUT2D eigenvalue weighted by Gasteiger charge is 2.17. The molecule has 1 heterocycles. The monoisotopic (exact) mass is 226 g/mol. The predicted molar refractivity (Wildman–Crippen MR) is 65.3 cm³/mol. The molecule has 1 N–H and O–H groups in total. The molecule has 0 aliphatic carbocycles. The number of hydrogen-bond donors (Lipinski definition) is 1. The first-order chi connectivity index (χ1) is 7.19. The molecule has 1 amide bonds. The fraction of sp³-hybridized carbons (Fsp3) is 0.545. The number of amides is 1. The van der Waals surface area contributed by atoms with Crippen LogP contribution in [0, 0.1) is 0 Å². The van der Waals surface area contributed by atoms with Crippen LogP contribution in [0.5, 0.6) is 0 Å². The van der Waals surface area contributed by atoms with Crippen molar-refractivity contribution in [2.75, 3.05) is 18.4 Å². The molecule has 0 aliphatic rings. The second-order valence-corrected chi connectivity index (χ2v) is 4.17. The molecule has 1 rings (SSSR count). The molecule has 0 aromatic carbocycles. The fourth-order valence-corrected chi connectivity index (χ4v) is 2.06. The van der Waals surface area contributed by atoms with Crippen molar-refractivity contribution in [2.45, 2.75) is 26.8 Å². The van der Waals surface area contributed by atoms with Crippen LogP contribution in [0.3, 0.4) is 0 Å². The summed E-state index contributed by atoms with van der Waals surface area (Å²) in [5, 5.41) is 7.19. The van der Waals surface area contributed by atoms with E-state index in [4.69, 9.17) is 0 Å². The zero-order valence-corrected chi connectivity index (χ0v) is 10.3. The average molecular weight is 226 g/mol. The van der Waals surface area contributed by atoms with E-state index in [1.165, 1.54) is 0 Å². The first-order valence-electron chi connectivity index (χ1n) is 5.26. The lowest BCUT2D eigenvalue weighted by Gasteiger charge is -2.23. The number of carbonyl (C=O) groups is 1. The molecular weight excluding hydrogens is 208 g/mol. The highest BCUT2D eigenvalue weighted by atomic mass is 32.1. The first kappa shape index (κ1) is 12.0. The van der Waals surface area contributed by atoms with E-state index in [-0.39, 0.29) is 11.9 Å². The molecular formula is C11H18N2OS. The Kier molecular flexibility index (Phi) is 4.62. The molecule has 0 saturated carbocycles. The molecule has 1 aromatic heterocycles. The van der Waals surface area contributed by atoms with Gasteiger partial charge in [0, 0.05) is 24.2 Å². The third kappa shape index (κ3) is 3.23. The third-order valence-electron chi connectivity index (χ3n) is 2.35. The molecule has 0 radical (unpaired) electrons. The molecule has 15 heavy (non-hydrogen) atoms. The predicted octanol–water partition coefficient (Wildman–Crippen LogP) is 2.42. The topological polar surface area (TPSA) is 32.3 Å². The van der Waals surface area contributed by atoms with Gasteiger partial charge in [0.2, 0.25) is 5.91 Å². The summed E-state index contributed by atoms with van der Waals surface area (Å²) in [5.74, 6) is 0.159. The van der Waals surface area contributed by atoms with Gasteiger partial charge in [-0.3, -0.25) is 4.79 Å². The number of thiophene rings is 1. The molecule has 0 bridgehead atoms. The van der Waals surface area contributed by atoms with Gasteiger partial charge in [0.05, 0.1) is 0 Å². The van der Waals surface area contributed by atoms with Crippen molar-refractivity contribution in [1.82, 2.24) is 4.90 Å². The maximum atomic E-state index is 11.9. The zero-order valence-electron chi connectivity index (χ0n) is 9.49. The highest BCUT2D eigenvalue weighted by molar-refractivity contribution is 7.08. The van der Waals surface area contributed by atoms with Crippen LogP contribution in [0.25, 0.3) is 0 Å². The van der Waals surface area contributed by atoms with E-state index in [1.54, 1.807) is 11.3 Å². The van der Waals surface area contributed by atoms with Crippen molar-refractivity contribution in [1.29, 1.82) is 0 Å². The standard InChI is InChI=1S/C11H18N2OS/c1-4-13(5-2)11(14)9(3)12-10-6-7-15-8-10/h6-9,12H,4-5H2,1-3H3. The quantitative estimate of drug-likeness (QED) is 0.836. The maximum Gasteiger partial charge on any atom is 0.244 e. The van der Waals surface area contributed by atoms with E-state index < -0.39 is 0 Å². The van der Waals surface area contributed by atoms with Gasteiger partial charge in [-0.1, -0.05) is 0 Å². The molecule has 1 aromatic rings. The van der Waals surface area contributed by atoms with Crippen molar-refractivity contribution < 1.29 is 4.79 Å². The number of nitrogens with zero attached hydrogens (tertiary/aromatic N) is 1. The summed E-state index contributed by atoms with van der Waals surface area (Å²) < 4.78 is 0. The van der Waals surface area contributed by atoms with Gasteiger partial charge in [0.15, 0.2) is 0 Å². The van der Waals surface area contributed by atoms with Crippen molar-refractivity contribution in [3.63, 3.8) is 0 Å². The molecule has 1 unspecified atom stereocenters. The van der Waals surface area contributed by atoms with Crippen molar-refractivity contribution in [2.24, 2.45) is 0 Å². The second-order valence-electron chi connectivity index (χ2n) is 3.39. The van der Waals surface area contributed by atoms with Crippen LogP contribution in [0.15, 0.2) is 16.8 Å². The van der Waals surface area contributed by atoms with Gasteiger partial charge in [-0.05, 0) is 32.2 Å². The molecule has 4 heteroatoms. The van der Waals surface area contributed by atoms with E-state index in [0.29, 0.717) is 0 Å². The third-order valence-corrected chi connectivity index (χ3v) is 3.03. The Bertz CT molecular complexity index is 294. The molecule has 1 atom stereocenters. The SMILES string of the molecule is CCN(CC)C(=O)C(C)Nc1ccsc1. The fourth-order valence-electron chi connectivity index (χ4n) is 1.47. The summed E-state index contributed by atoms with van der Waals surface area (Å²) in [6, 6.07) is 1.83. The van der Waals surface area contributed by atoms with E-state index in [1.807, 2.05) is 42.5 Å². The number of nitrogens with one attached hydrogen (secondary N) is 1. The van der Waals surface area contributed by atoms with Crippen LogP contribution in [0.4, 0.5) is 5.69 Å². The Labute approximate surface area is 95.1 Å². The van der Waals surface area contributed by atoms with Crippen LogP contribution in [-0.2, 0) is 4.79 Å². The summed E-state index contributed by atoms with van der Waals surface area (Å²) in [5.41, 5.74) is 1.02. The van der Waals surface area contributed by atoms with Crippen LogP contribution in [-0.4, -0.2) is 29.9 Å². The molecule has 84 valence electrons. The van der Waals surface area contributed by atoms with E-state index >= 15 is 0 Å². The Morgan fingerprint density at radius 3 is 2.67 bits per heavy atom. The number of rotatable bonds is 5. The Morgan fingerprint density at radius 1 is 1.53 bits per heavy atom. The van der Waals surface area contributed by atoms with Crippen LogP contribution < -0.4 is 5.32 Å². The van der Waals surface area contributed by atoms with E-state index in [9.17, 15) is 4.79 Å². The minimum atomic E-state index is -0.153. The van der Waals surface area contributed by atoms with Crippen molar-refractivity contribution in [3.8, 4) is 0 Å². The summed E-state index contributed by atoms with van der Waals surface area (Å²) in [6.07, 6.45) is 0. The minimum absolute atomic E-state index is 0.153. The Balaban J connectivity index is 2.53. The Hall–Kier alpha value is -1.03. The molecule has 0 saturated heterocycles. The minimum Gasteiger partial charge on any atom is -0.373 e. The number of carbonyl (C=O) groups excluding carboxylic acids is 1. The number of likely N-dealkylation sites (N-methyl/N-ethyl adjacent to an activating group) is 1. The van der Waals surface area contributed by atoms with Crippen molar-refractivity contribution in [3.05, 3.63) is 16.8 Å². The van der Waals surface area contributed by atoms with Gasteiger partial charge in [-0.25, -0.2) is 0 Å². The van der Waals surface area contributed by atoms with Crippen molar-refractivity contribution >= 4 is 22.9 Å². The van der Waals surface area contributed by atoms with Gasteiger partial charge < -0.3 is 10.2 Å².